The van der Waals surface area contributed by atoms with Crippen LogP contribution in [-0.4, -0.2) is 29.4 Å². The van der Waals surface area contributed by atoms with Crippen LogP contribution in [0.1, 0.15) is 67.7 Å². The number of fused-ring (bicyclic) bond motifs is 1. The van der Waals surface area contributed by atoms with Crippen LogP contribution < -0.4 is 15.4 Å². The number of anilines is 1. The van der Waals surface area contributed by atoms with Crippen molar-refractivity contribution in [2.45, 2.75) is 64.7 Å². The molecule has 162 valence electrons. The summed E-state index contributed by atoms with van der Waals surface area (Å²) < 4.78 is 5.51. The molecule has 0 heterocycles. The van der Waals surface area contributed by atoms with Gasteiger partial charge in [-0.3, -0.25) is 0 Å². The van der Waals surface area contributed by atoms with Crippen LogP contribution in [0.4, 0.5) is 10.5 Å². The third-order valence-electron chi connectivity index (χ3n) is 5.77. The van der Waals surface area contributed by atoms with E-state index in [9.17, 15) is 15.0 Å². The predicted octanol–water partition coefficient (Wildman–Crippen LogP) is 4.13. The second-order valence-corrected chi connectivity index (χ2v) is 9.07. The molecule has 0 aromatic heterocycles. The van der Waals surface area contributed by atoms with Crippen molar-refractivity contribution in [3.05, 3.63) is 58.1 Å². The molecule has 0 radical (unpaired) electrons. The molecule has 1 aliphatic carbocycles. The average molecular weight is 413 g/mol. The number of hydrogen-bond acceptors (Lipinski definition) is 4. The summed E-state index contributed by atoms with van der Waals surface area (Å²) in [6.45, 7) is 9.88. The van der Waals surface area contributed by atoms with Crippen LogP contribution in [0.25, 0.3) is 0 Å². The van der Waals surface area contributed by atoms with Gasteiger partial charge >= 0.3 is 6.03 Å². The second-order valence-electron chi connectivity index (χ2n) is 9.07. The summed E-state index contributed by atoms with van der Waals surface area (Å²) in [6.07, 6.45) is -0.921. The maximum Gasteiger partial charge on any atom is 0.319 e. The Hall–Kier alpha value is -2.57. The van der Waals surface area contributed by atoms with Crippen molar-refractivity contribution >= 4 is 11.7 Å². The molecule has 6 nitrogen and oxygen atoms in total. The summed E-state index contributed by atoms with van der Waals surface area (Å²) in [5, 5.41) is 26.6. The van der Waals surface area contributed by atoms with Crippen molar-refractivity contribution in [3.8, 4) is 5.75 Å². The largest absolute Gasteiger partial charge is 0.494 e. The molecule has 2 amide bonds. The summed E-state index contributed by atoms with van der Waals surface area (Å²) in [5.41, 5.74) is 4.95. The van der Waals surface area contributed by atoms with E-state index in [2.05, 4.69) is 31.4 Å². The van der Waals surface area contributed by atoms with Crippen LogP contribution in [0.3, 0.4) is 0 Å². The van der Waals surface area contributed by atoms with Gasteiger partial charge in [-0.2, -0.15) is 0 Å². The van der Waals surface area contributed by atoms with E-state index in [1.807, 2.05) is 37.3 Å². The third kappa shape index (κ3) is 4.30. The number of amides is 2. The van der Waals surface area contributed by atoms with E-state index in [0.717, 1.165) is 22.3 Å². The smallest absolute Gasteiger partial charge is 0.319 e. The number of rotatable bonds is 4. The van der Waals surface area contributed by atoms with Crippen molar-refractivity contribution in [1.82, 2.24) is 5.32 Å². The van der Waals surface area contributed by atoms with Crippen LogP contribution >= 0.6 is 0 Å². The van der Waals surface area contributed by atoms with Gasteiger partial charge < -0.3 is 25.6 Å². The van der Waals surface area contributed by atoms with Gasteiger partial charge in [0.05, 0.1) is 31.0 Å². The van der Waals surface area contributed by atoms with E-state index in [4.69, 9.17) is 4.74 Å². The van der Waals surface area contributed by atoms with Crippen molar-refractivity contribution in [2.24, 2.45) is 0 Å². The van der Waals surface area contributed by atoms with Crippen LogP contribution in [0.15, 0.2) is 30.3 Å². The first-order chi connectivity index (χ1) is 14.0. The maximum atomic E-state index is 12.8. The Labute approximate surface area is 178 Å². The molecule has 0 unspecified atom stereocenters. The van der Waals surface area contributed by atoms with Crippen LogP contribution in [0.5, 0.6) is 5.75 Å². The molecule has 0 bridgehead atoms. The van der Waals surface area contributed by atoms with Gasteiger partial charge in [-0.1, -0.05) is 39.0 Å². The van der Waals surface area contributed by atoms with Gasteiger partial charge in [0.1, 0.15) is 5.75 Å². The van der Waals surface area contributed by atoms with Gasteiger partial charge in [-0.15, -0.1) is 0 Å². The van der Waals surface area contributed by atoms with Gasteiger partial charge in [0, 0.05) is 5.56 Å². The van der Waals surface area contributed by atoms with Crippen LogP contribution in [-0.2, 0) is 11.8 Å². The van der Waals surface area contributed by atoms with E-state index in [0.29, 0.717) is 23.4 Å². The molecule has 6 heteroatoms. The highest BCUT2D eigenvalue weighted by Crippen LogP contribution is 2.38. The van der Waals surface area contributed by atoms with Gasteiger partial charge in [0.25, 0.3) is 0 Å². The summed E-state index contributed by atoms with van der Waals surface area (Å²) in [4.78, 5) is 12.8. The standard InChI is InChI=1S/C24H32N2O4/c1-13-8-7-9-16-17(13)12-19(21(16)28)25-23(29)26-20-11-15(24(3,4)5)10-18(14(2)27)22(20)30-6/h7-11,14,19,21,27-28H,12H2,1-6H3,(H2,25,26,29)/t14-,19+,21-/m0/s1. The highest BCUT2D eigenvalue weighted by atomic mass is 16.5. The number of carbonyl (C=O) groups excluding carboxylic acids is 1. The lowest BCUT2D eigenvalue weighted by Gasteiger charge is -2.25. The number of nitrogens with one attached hydrogen (secondary N) is 2. The van der Waals surface area contributed by atoms with Crippen molar-refractivity contribution in [3.63, 3.8) is 0 Å². The molecule has 0 spiro atoms. The molecule has 0 saturated carbocycles. The molecule has 3 rings (SSSR count). The van der Waals surface area contributed by atoms with E-state index < -0.39 is 24.3 Å². The molecule has 3 atom stereocenters. The highest BCUT2D eigenvalue weighted by Gasteiger charge is 2.33. The number of aliphatic hydroxyl groups excluding tert-OH is 2. The molecule has 4 N–H and O–H groups in total. The maximum absolute atomic E-state index is 12.8. The lowest BCUT2D eigenvalue weighted by molar-refractivity contribution is 0.145. The quantitative estimate of drug-likeness (QED) is 0.608. The zero-order valence-electron chi connectivity index (χ0n) is 18.5. The topological polar surface area (TPSA) is 90.8 Å². The fourth-order valence-electron chi connectivity index (χ4n) is 4.00. The number of benzene rings is 2. The molecule has 2 aromatic rings. The van der Waals surface area contributed by atoms with Crippen molar-refractivity contribution < 1.29 is 19.7 Å². The number of carbonyl (C=O) groups is 1. The lowest BCUT2D eigenvalue weighted by Crippen LogP contribution is -2.40. The average Bonchev–Trinajstić information content (AvgIpc) is 2.97. The molecular weight excluding hydrogens is 380 g/mol. The molecule has 0 fully saturated rings. The zero-order valence-corrected chi connectivity index (χ0v) is 18.5. The van der Waals surface area contributed by atoms with Gasteiger partial charge in [0.2, 0.25) is 0 Å². The first kappa shape index (κ1) is 22.1. The number of urea groups is 1. The minimum atomic E-state index is -0.750. The SMILES string of the molecule is COc1c(NC(=O)N[C@@H]2Cc3c(C)cccc3[C@@H]2O)cc(C(C)(C)C)cc1[C@H](C)O. The molecule has 1 aliphatic rings. The highest BCUT2D eigenvalue weighted by molar-refractivity contribution is 5.92. The van der Waals surface area contributed by atoms with Gasteiger partial charge in [0.15, 0.2) is 0 Å². The zero-order chi connectivity index (χ0) is 22.2. The summed E-state index contributed by atoms with van der Waals surface area (Å²) in [7, 11) is 1.52. The van der Waals surface area contributed by atoms with E-state index in [-0.39, 0.29) is 5.41 Å². The van der Waals surface area contributed by atoms with Gasteiger partial charge in [-0.25, -0.2) is 4.79 Å². The first-order valence-electron chi connectivity index (χ1n) is 10.3. The lowest BCUT2D eigenvalue weighted by atomic mass is 9.85. The molecular formula is C24H32N2O4. The Balaban J connectivity index is 1.85. The van der Waals surface area contributed by atoms with Gasteiger partial charge in [-0.05, 0) is 60.1 Å². The Kier molecular flexibility index (Phi) is 6.11. The monoisotopic (exact) mass is 412 g/mol. The molecule has 0 saturated heterocycles. The van der Waals surface area contributed by atoms with Crippen molar-refractivity contribution in [1.29, 1.82) is 0 Å². The fraction of sp³-hybridized carbons (Fsp3) is 0.458. The molecule has 30 heavy (non-hydrogen) atoms. The predicted molar refractivity (Wildman–Crippen MR) is 118 cm³/mol. The van der Waals surface area contributed by atoms with E-state index in [1.165, 1.54) is 7.11 Å². The van der Waals surface area contributed by atoms with Crippen LogP contribution in [0, 0.1) is 6.92 Å². The van der Waals surface area contributed by atoms with E-state index in [1.54, 1.807) is 6.92 Å². The number of aliphatic hydroxyl groups is 2. The molecule has 0 aliphatic heterocycles. The minimum Gasteiger partial charge on any atom is -0.494 e. The second kappa shape index (κ2) is 8.28. The Morgan fingerprint density at radius 2 is 1.97 bits per heavy atom. The normalized spacial score (nSPS) is 19.2. The Morgan fingerprint density at radius 3 is 2.53 bits per heavy atom. The number of ether oxygens (including phenoxy) is 1. The first-order valence-corrected chi connectivity index (χ1v) is 10.3. The number of aryl methyl sites for hydroxylation is 1. The van der Waals surface area contributed by atoms with Crippen molar-refractivity contribution in [2.75, 3.05) is 12.4 Å². The summed E-state index contributed by atoms with van der Waals surface area (Å²) in [5.74, 6) is 0.430. The Morgan fingerprint density at radius 1 is 1.27 bits per heavy atom. The third-order valence-corrected chi connectivity index (χ3v) is 5.77. The minimum absolute atomic E-state index is 0.177. The number of methoxy groups -OCH3 is 1. The number of hydrogen-bond donors (Lipinski definition) is 4. The summed E-state index contributed by atoms with van der Waals surface area (Å²) in [6, 6.07) is 8.77. The Bertz CT molecular complexity index is 947. The fourth-order valence-corrected chi connectivity index (χ4v) is 4.00. The van der Waals surface area contributed by atoms with E-state index >= 15 is 0 Å². The summed E-state index contributed by atoms with van der Waals surface area (Å²) >= 11 is 0. The molecule has 2 aromatic carbocycles. The van der Waals surface area contributed by atoms with Crippen LogP contribution in [0.2, 0.25) is 0 Å².